The zero-order valence-electron chi connectivity index (χ0n) is 11.9. The van der Waals surface area contributed by atoms with E-state index in [0.717, 1.165) is 0 Å². The van der Waals surface area contributed by atoms with Crippen LogP contribution in [0.25, 0.3) is 0 Å². The van der Waals surface area contributed by atoms with Gasteiger partial charge in [-0.3, -0.25) is 4.90 Å². The second-order valence-corrected chi connectivity index (χ2v) is 7.08. The lowest BCUT2D eigenvalue weighted by Gasteiger charge is -2.42. The van der Waals surface area contributed by atoms with E-state index in [1.54, 1.807) is 11.3 Å². The lowest BCUT2D eigenvalue weighted by Crippen LogP contribution is -2.51. The molecule has 1 aromatic rings. The van der Waals surface area contributed by atoms with Crippen LogP contribution in [0.3, 0.4) is 0 Å². The molecule has 3 heteroatoms. The highest BCUT2D eigenvalue weighted by Gasteiger charge is 2.35. The van der Waals surface area contributed by atoms with Gasteiger partial charge in [-0.25, -0.2) is 0 Å². The van der Waals surface area contributed by atoms with Crippen LogP contribution in [0.5, 0.6) is 0 Å². The van der Waals surface area contributed by atoms with Crippen LogP contribution in [-0.2, 0) is 0 Å². The second-order valence-electron chi connectivity index (χ2n) is 5.96. The molecule has 1 aromatic heterocycles. The Bertz CT molecular complexity index is 376. The molecule has 18 heavy (non-hydrogen) atoms. The van der Waals surface area contributed by atoms with E-state index in [1.165, 1.54) is 49.2 Å². The lowest BCUT2D eigenvalue weighted by molar-refractivity contribution is 0.0980. The molecule has 1 aliphatic rings. The van der Waals surface area contributed by atoms with Gasteiger partial charge in [-0.15, -0.1) is 11.3 Å². The van der Waals surface area contributed by atoms with E-state index in [-0.39, 0.29) is 11.6 Å². The number of nitrogens with zero attached hydrogens (tertiary/aromatic N) is 1. The molecule has 2 rings (SSSR count). The smallest absolute Gasteiger partial charge is 0.0487 e. The van der Waals surface area contributed by atoms with Gasteiger partial charge in [0, 0.05) is 16.5 Å². The summed E-state index contributed by atoms with van der Waals surface area (Å²) in [6.45, 7) is 9.19. The number of thiophene rings is 1. The largest absolute Gasteiger partial charge is 0.322 e. The summed E-state index contributed by atoms with van der Waals surface area (Å²) in [6.07, 6.45) is 5.39. The summed E-state index contributed by atoms with van der Waals surface area (Å²) in [5, 5.41) is 2.16. The monoisotopic (exact) mass is 266 g/mol. The van der Waals surface area contributed by atoms with Crippen molar-refractivity contribution in [3.05, 3.63) is 21.9 Å². The van der Waals surface area contributed by atoms with Gasteiger partial charge in [0.2, 0.25) is 0 Å². The third-order valence-electron chi connectivity index (χ3n) is 4.42. The van der Waals surface area contributed by atoms with Crippen molar-refractivity contribution in [2.75, 3.05) is 13.1 Å². The summed E-state index contributed by atoms with van der Waals surface area (Å²) in [7, 11) is 0. The Kier molecular flexibility index (Phi) is 4.46. The molecule has 1 fully saturated rings. The molecule has 1 unspecified atom stereocenters. The second kappa shape index (κ2) is 5.72. The zero-order valence-corrected chi connectivity index (χ0v) is 12.7. The predicted molar refractivity (Wildman–Crippen MR) is 80.1 cm³/mol. The first-order valence-corrected chi connectivity index (χ1v) is 7.96. The van der Waals surface area contributed by atoms with E-state index in [0.29, 0.717) is 0 Å². The molecule has 0 amide bonds. The van der Waals surface area contributed by atoms with Crippen LogP contribution >= 0.6 is 11.3 Å². The van der Waals surface area contributed by atoms with Crippen molar-refractivity contribution in [1.29, 1.82) is 0 Å². The molecule has 0 spiro atoms. The van der Waals surface area contributed by atoms with E-state index in [9.17, 15) is 0 Å². The highest BCUT2D eigenvalue weighted by Crippen LogP contribution is 2.34. The van der Waals surface area contributed by atoms with Crippen molar-refractivity contribution >= 4 is 11.3 Å². The molecule has 1 aliphatic heterocycles. The molecule has 0 aromatic carbocycles. The zero-order chi connectivity index (χ0) is 13.2. The van der Waals surface area contributed by atoms with Crippen LogP contribution in [0.2, 0.25) is 0 Å². The van der Waals surface area contributed by atoms with Crippen LogP contribution in [0.1, 0.15) is 56.0 Å². The average molecular weight is 266 g/mol. The normalized spacial score (nSPS) is 20.7. The Morgan fingerprint density at radius 1 is 1.22 bits per heavy atom. The van der Waals surface area contributed by atoms with Gasteiger partial charge in [0.15, 0.2) is 0 Å². The Hall–Kier alpha value is -0.380. The van der Waals surface area contributed by atoms with Gasteiger partial charge in [0.05, 0.1) is 0 Å². The van der Waals surface area contributed by atoms with Gasteiger partial charge >= 0.3 is 0 Å². The van der Waals surface area contributed by atoms with Crippen LogP contribution in [0, 0.1) is 6.92 Å². The van der Waals surface area contributed by atoms with Gasteiger partial charge in [-0.1, -0.05) is 12.8 Å². The van der Waals surface area contributed by atoms with Crippen molar-refractivity contribution in [3.8, 4) is 0 Å². The van der Waals surface area contributed by atoms with Crippen LogP contribution in [0.4, 0.5) is 0 Å². The fraction of sp³-hybridized carbons (Fsp3) is 0.733. The van der Waals surface area contributed by atoms with Crippen molar-refractivity contribution in [2.45, 2.75) is 58.0 Å². The fourth-order valence-corrected chi connectivity index (χ4v) is 3.69. The van der Waals surface area contributed by atoms with Gasteiger partial charge in [-0.2, -0.15) is 0 Å². The summed E-state index contributed by atoms with van der Waals surface area (Å²) in [5.74, 6) is 0. The predicted octanol–water partition coefficient (Wildman–Crippen LogP) is 3.71. The Labute approximate surface area is 115 Å². The quantitative estimate of drug-likeness (QED) is 0.903. The molecule has 1 saturated heterocycles. The standard InChI is InChI=1S/C15H26N2S/c1-12-13(8-11-18-12)14(16)15(2,3)17-9-6-4-5-7-10-17/h8,11,14H,4-7,9-10,16H2,1-3H3. The van der Waals surface area contributed by atoms with Crippen molar-refractivity contribution in [1.82, 2.24) is 4.90 Å². The van der Waals surface area contributed by atoms with Crippen molar-refractivity contribution in [2.24, 2.45) is 5.73 Å². The molecule has 0 saturated carbocycles. The number of hydrogen-bond donors (Lipinski definition) is 1. The molecule has 102 valence electrons. The number of likely N-dealkylation sites (tertiary alicyclic amines) is 1. The van der Waals surface area contributed by atoms with Crippen molar-refractivity contribution < 1.29 is 0 Å². The van der Waals surface area contributed by atoms with E-state index in [4.69, 9.17) is 5.73 Å². The summed E-state index contributed by atoms with van der Waals surface area (Å²) < 4.78 is 0. The van der Waals surface area contributed by atoms with Gasteiger partial charge in [0.1, 0.15) is 0 Å². The highest BCUT2D eigenvalue weighted by atomic mass is 32.1. The van der Waals surface area contributed by atoms with E-state index >= 15 is 0 Å². The SMILES string of the molecule is Cc1sccc1C(N)C(C)(C)N1CCCCCC1. The first-order chi connectivity index (χ1) is 8.53. The summed E-state index contributed by atoms with van der Waals surface area (Å²) in [6, 6.07) is 2.31. The molecule has 2 heterocycles. The molecule has 0 radical (unpaired) electrons. The van der Waals surface area contributed by atoms with Crippen LogP contribution < -0.4 is 5.73 Å². The highest BCUT2D eigenvalue weighted by molar-refractivity contribution is 7.10. The van der Waals surface area contributed by atoms with E-state index in [1.807, 2.05) is 0 Å². The van der Waals surface area contributed by atoms with E-state index < -0.39 is 0 Å². The first kappa shape index (κ1) is 14.0. The average Bonchev–Trinajstić information content (AvgIpc) is 2.61. The number of nitrogens with two attached hydrogens (primary N) is 1. The molecule has 0 bridgehead atoms. The number of rotatable bonds is 3. The minimum absolute atomic E-state index is 0.0518. The fourth-order valence-electron chi connectivity index (χ4n) is 2.94. The van der Waals surface area contributed by atoms with E-state index in [2.05, 4.69) is 37.1 Å². The maximum absolute atomic E-state index is 6.56. The molecule has 2 N–H and O–H groups in total. The van der Waals surface area contributed by atoms with Gasteiger partial charge in [-0.05, 0) is 63.7 Å². The molecule has 0 aliphatic carbocycles. The van der Waals surface area contributed by atoms with Crippen LogP contribution in [-0.4, -0.2) is 23.5 Å². The lowest BCUT2D eigenvalue weighted by atomic mass is 9.87. The summed E-state index contributed by atoms with van der Waals surface area (Å²) >= 11 is 1.80. The number of hydrogen-bond acceptors (Lipinski definition) is 3. The van der Waals surface area contributed by atoms with Crippen molar-refractivity contribution in [3.63, 3.8) is 0 Å². The van der Waals surface area contributed by atoms with Crippen LogP contribution in [0.15, 0.2) is 11.4 Å². The third kappa shape index (κ3) is 2.79. The Morgan fingerprint density at radius 2 is 1.83 bits per heavy atom. The molecule has 1 atom stereocenters. The molecule has 2 nitrogen and oxygen atoms in total. The Balaban J connectivity index is 2.16. The van der Waals surface area contributed by atoms with Gasteiger partial charge in [0.25, 0.3) is 0 Å². The van der Waals surface area contributed by atoms with Gasteiger partial charge < -0.3 is 5.73 Å². The summed E-state index contributed by atoms with van der Waals surface area (Å²) in [4.78, 5) is 3.97. The minimum Gasteiger partial charge on any atom is -0.322 e. The Morgan fingerprint density at radius 3 is 2.33 bits per heavy atom. The maximum Gasteiger partial charge on any atom is 0.0487 e. The first-order valence-electron chi connectivity index (χ1n) is 7.08. The topological polar surface area (TPSA) is 29.3 Å². The molecular weight excluding hydrogens is 240 g/mol. The third-order valence-corrected chi connectivity index (χ3v) is 5.28. The minimum atomic E-state index is 0.0518. The number of aryl methyl sites for hydroxylation is 1. The summed E-state index contributed by atoms with van der Waals surface area (Å²) in [5.41, 5.74) is 7.94. The molecular formula is C15H26N2S. The maximum atomic E-state index is 6.56.